The molecule has 0 aliphatic rings. The van der Waals surface area contributed by atoms with Crippen LogP contribution in [0.4, 0.5) is 0 Å². The number of hydrogen-bond acceptors (Lipinski definition) is 7. The zero-order valence-corrected chi connectivity index (χ0v) is 57.5. The first-order chi connectivity index (χ1) is 40.9. The molecule has 0 radical (unpaired) electrons. The van der Waals surface area contributed by atoms with E-state index in [9.17, 15) is 19.0 Å². The van der Waals surface area contributed by atoms with Crippen molar-refractivity contribution in [1.29, 1.82) is 0 Å². The fraction of sp³-hybridized carbons (Fsp3) is 0.865. The van der Waals surface area contributed by atoms with Crippen molar-refractivity contribution in [3.8, 4) is 0 Å². The summed E-state index contributed by atoms with van der Waals surface area (Å²) in [5, 5.41) is 3.05. The lowest BCUT2D eigenvalue weighted by atomic mass is 10.0. The lowest BCUT2D eigenvalue weighted by Crippen LogP contribution is -2.47. The summed E-state index contributed by atoms with van der Waals surface area (Å²) in [6, 6.07) is -0.888. The van der Waals surface area contributed by atoms with E-state index in [0.717, 1.165) is 70.6 Å². The largest absolute Gasteiger partial charge is 0.756 e. The third kappa shape index (κ3) is 64.4. The maximum atomic E-state index is 13.6. The molecule has 0 heterocycles. The topological polar surface area (TPSA) is 114 Å². The van der Waals surface area contributed by atoms with Crippen LogP contribution in [0.1, 0.15) is 361 Å². The summed E-state index contributed by atoms with van der Waals surface area (Å²) in [7, 11) is 1.20. The average molecular weight is 1200 g/mol. The number of unbranched alkanes of at least 4 members (excludes halogenated alkanes) is 45. The number of phosphoric acid groups is 1. The standard InChI is InChI=1S/C74H141N2O7P/c1-7-10-13-16-19-22-25-28-30-32-34-36-37-38-39-41-42-44-46-48-51-54-57-60-63-66-73(77)75-71(70-82-84(79,80)81-69-68-76(4,5)6)72(65-62-59-56-53-50-27-24-21-18-15-12-9-3)83-74(78)67-64-61-58-55-52-49-47-45-43-40-35-33-31-29-26-23-20-17-14-11-8-2/h19,22,28,30,34,36,62,65,71-72H,7-18,20-21,23-27,29,31-33,35,37-61,63-64,66-70H2,1-6H3,(H-,75,77,79,80)/b22-19-,30-28-,36-34-,65-62+. The number of ether oxygens (including phenoxy) is 1. The fourth-order valence-electron chi connectivity index (χ4n) is 10.9. The van der Waals surface area contributed by atoms with Gasteiger partial charge in [-0.15, -0.1) is 0 Å². The highest BCUT2D eigenvalue weighted by Gasteiger charge is 2.27. The summed E-state index contributed by atoms with van der Waals surface area (Å²) in [4.78, 5) is 40.2. The number of likely N-dealkylation sites (N-methyl/N-ethyl adjacent to an activating group) is 1. The number of esters is 1. The maximum Gasteiger partial charge on any atom is 0.306 e. The number of amides is 1. The van der Waals surface area contributed by atoms with Crippen molar-refractivity contribution >= 4 is 19.7 Å². The zero-order valence-electron chi connectivity index (χ0n) is 56.6. The molecule has 0 bridgehead atoms. The molecule has 0 fully saturated rings. The van der Waals surface area contributed by atoms with Gasteiger partial charge in [-0.05, 0) is 70.3 Å². The normalized spacial score (nSPS) is 13.8. The molecule has 0 spiro atoms. The molecule has 0 saturated heterocycles. The van der Waals surface area contributed by atoms with E-state index in [-0.39, 0.29) is 31.5 Å². The van der Waals surface area contributed by atoms with Crippen LogP contribution in [0.3, 0.4) is 0 Å². The van der Waals surface area contributed by atoms with Crippen molar-refractivity contribution < 1.29 is 37.3 Å². The molecule has 0 saturated carbocycles. The van der Waals surface area contributed by atoms with Crippen molar-refractivity contribution in [2.45, 2.75) is 373 Å². The first kappa shape index (κ1) is 82.0. The second-order valence-corrected chi connectivity index (χ2v) is 27.5. The summed E-state index contributed by atoms with van der Waals surface area (Å²) in [5.41, 5.74) is 0. The second kappa shape index (κ2) is 64.0. The van der Waals surface area contributed by atoms with E-state index < -0.39 is 20.0 Å². The molecule has 0 aromatic carbocycles. The van der Waals surface area contributed by atoms with E-state index in [4.69, 9.17) is 13.8 Å². The molecule has 3 unspecified atom stereocenters. The Morgan fingerprint density at radius 3 is 1.11 bits per heavy atom. The van der Waals surface area contributed by atoms with Gasteiger partial charge in [-0.3, -0.25) is 14.2 Å². The van der Waals surface area contributed by atoms with Gasteiger partial charge in [-0.1, -0.05) is 327 Å². The Morgan fingerprint density at radius 2 is 0.726 bits per heavy atom. The van der Waals surface area contributed by atoms with Gasteiger partial charge in [0.1, 0.15) is 19.3 Å². The molecule has 1 amide bonds. The van der Waals surface area contributed by atoms with Gasteiger partial charge in [-0.2, -0.15) is 0 Å². The number of carbonyl (C=O) groups excluding carboxylic acids is 2. The van der Waals surface area contributed by atoms with E-state index in [1.165, 1.54) is 257 Å². The summed E-state index contributed by atoms with van der Waals surface area (Å²) >= 11 is 0. The van der Waals surface area contributed by atoms with Crippen LogP contribution in [0.15, 0.2) is 48.6 Å². The van der Waals surface area contributed by atoms with Gasteiger partial charge in [0.15, 0.2) is 0 Å². The van der Waals surface area contributed by atoms with Crippen LogP contribution in [0.25, 0.3) is 0 Å². The molecule has 0 rings (SSSR count). The quantitative estimate of drug-likeness (QED) is 0.0212. The number of phosphoric ester groups is 1. The van der Waals surface area contributed by atoms with Crippen molar-refractivity contribution in [2.24, 2.45) is 0 Å². The molecule has 0 aliphatic carbocycles. The van der Waals surface area contributed by atoms with E-state index in [0.29, 0.717) is 17.4 Å². The van der Waals surface area contributed by atoms with Gasteiger partial charge in [0.2, 0.25) is 5.91 Å². The van der Waals surface area contributed by atoms with Crippen LogP contribution in [-0.2, 0) is 27.9 Å². The fourth-order valence-corrected chi connectivity index (χ4v) is 11.6. The van der Waals surface area contributed by atoms with E-state index in [1.807, 2.05) is 33.3 Å². The Hall–Kier alpha value is -2.03. The lowest BCUT2D eigenvalue weighted by Gasteiger charge is -2.30. The number of quaternary nitrogens is 1. The van der Waals surface area contributed by atoms with Crippen LogP contribution in [0, 0.1) is 0 Å². The third-order valence-electron chi connectivity index (χ3n) is 16.5. The van der Waals surface area contributed by atoms with Crippen molar-refractivity contribution in [2.75, 3.05) is 40.9 Å². The first-order valence-corrected chi connectivity index (χ1v) is 37.9. The summed E-state index contributed by atoms with van der Waals surface area (Å²) in [6.45, 7) is 6.87. The van der Waals surface area contributed by atoms with Crippen LogP contribution in [0.2, 0.25) is 0 Å². The average Bonchev–Trinajstić information content (AvgIpc) is 3.64. The smallest absolute Gasteiger partial charge is 0.306 e. The highest BCUT2D eigenvalue weighted by atomic mass is 31.2. The third-order valence-corrected chi connectivity index (χ3v) is 17.5. The Bertz CT molecular complexity index is 1570. The van der Waals surface area contributed by atoms with Crippen LogP contribution >= 0.6 is 7.82 Å². The zero-order chi connectivity index (χ0) is 61.4. The molecule has 9 nitrogen and oxygen atoms in total. The molecule has 10 heteroatoms. The first-order valence-electron chi connectivity index (χ1n) is 36.4. The van der Waals surface area contributed by atoms with Crippen molar-refractivity contribution in [1.82, 2.24) is 5.32 Å². The molecule has 0 aliphatic heterocycles. The minimum absolute atomic E-state index is 0.0207. The molecule has 1 N–H and O–H groups in total. The monoisotopic (exact) mass is 1200 g/mol. The van der Waals surface area contributed by atoms with Crippen LogP contribution < -0.4 is 10.2 Å². The Morgan fingerprint density at radius 1 is 0.417 bits per heavy atom. The van der Waals surface area contributed by atoms with Gasteiger partial charge in [0, 0.05) is 12.8 Å². The molecule has 84 heavy (non-hydrogen) atoms. The number of allylic oxidation sites excluding steroid dienone is 7. The van der Waals surface area contributed by atoms with E-state index in [1.54, 1.807) is 0 Å². The number of carbonyl (C=O) groups is 2. The SMILES string of the molecule is CCCCC/C=C\C/C=C\C/C=C\CCCCCCCCCCCCCCC(=O)NC(COP(=O)([O-])OCC[N+](C)(C)C)C(/C=C/CCCCCCCCCCCC)OC(=O)CCCCCCCCCCCCCCCCCCCCCCC. The van der Waals surface area contributed by atoms with Gasteiger partial charge in [0.25, 0.3) is 7.82 Å². The predicted octanol–water partition coefficient (Wildman–Crippen LogP) is 22.6. The highest BCUT2D eigenvalue weighted by Crippen LogP contribution is 2.38. The van der Waals surface area contributed by atoms with Crippen LogP contribution in [-0.4, -0.2) is 69.4 Å². The minimum atomic E-state index is -4.70. The van der Waals surface area contributed by atoms with E-state index >= 15 is 0 Å². The Kier molecular flexibility index (Phi) is 62.4. The molecular weight excluding hydrogens is 1060 g/mol. The summed E-state index contributed by atoms with van der Waals surface area (Å²) in [5.74, 6) is -0.524. The maximum absolute atomic E-state index is 13.6. The van der Waals surface area contributed by atoms with E-state index in [2.05, 4.69) is 62.5 Å². The minimum Gasteiger partial charge on any atom is -0.756 e. The Labute approximate surface area is 522 Å². The van der Waals surface area contributed by atoms with Crippen molar-refractivity contribution in [3.63, 3.8) is 0 Å². The molecule has 494 valence electrons. The number of hydrogen-bond donors (Lipinski definition) is 1. The summed E-state index contributed by atoms with van der Waals surface area (Å²) < 4.78 is 30.5. The molecule has 0 aromatic heterocycles. The number of nitrogens with zero attached hydrogens (tertiary/aromatic N) is 1. The predicted molar refractivity (Wildman–Crippen MR) is 363 cm³/mol. The van der Waals surface area contributed by atoms with Gasteiger partial charge < -0.3 is 28.5 Å². The molecular formula is C74H141N2O7P. The van der Waals surface area contributed by atoms with Crippen molar-refractivity contribution in [3.05, 3.63) is 48.6 Å². The molecule has 3 atom stereocenters. The second-order valence-electron chi connectivity index (χ2n) is 26.1. The highest BCUT2D eigenvalue weighted by molar-refractivity contribution is 7.45. The number of nitrogens with one attached hydrogen (secondary N) is 1. The van der Waals surface area contributed by atoms with Gasteiger partial charge >= 0.3 is 5.97 Å². The summed E-state index contributed by atoms with van der Waals surface area (Å²) in [6.07, 6.45) is 80.9. The Balaban J connectivity index is 5.02. The molecule has 0 aromatic rings. The van der Waals surface area contributed by atoms with Gasteiger partial charge in [-0.25, -0.2) is 0 Å². The number of rotatable bonds is 67. The van der Waals surface area contributed by atoms with Gasteiger partial charge in [0.05, 0.1) is 33.8 Å². The lowest BCUT2D eigenvalue weighted by molar-refractivity contribution is -0.870. The van der Waals surface area contributed by atoms with Crippen LogP contribution in [0.5, 0.6) is 0 Å².